The molecule has 0 unspecified atom stereocenters. The van der Waals surface area contributed by atoms with Crippen LogP contribution in [0.5, 0.6) is 0 Å². The van der Waals surface area contributed by atoms with Crippen LogP contribution in [0.1, 0.15) is 32.6 Å². The maximum absolute atomic E-state index is 11.8. The first-order chi connectivity index (χ1) is 8.05. The maximum atomic E-state index is 11.8. The second-order valence-electron chi connectivity index (χ2n) is 4.67. The zero-order chi connectivity index (χ0) is 12.9. The number of amides is 1. The summed E-state index contributed by atoms with van der Waals surface area (Å²) in [6, 6.07) is 0. The molecule has 17 heavy (non-hydrogen) atoms. The van der Waals surface area contributed by atoms with E-state index in [9.17, 15) is 14.7 Å². The van der Waals surface area contributed by atoms with Crippen molar-refractivity contribution in [2.75, 3.05) is 26.7 Å². The molecule has 5 heteroatoms. The highest BCUT2D eigenvalue weighted by molar-refractivity contribution is 5.78. The van der Waals surface area contributed by atoms with E-state index in [1.807, 2.05) is 14.0 Å². The molecule has 0 aliphatic carbocycles. The third-order valence-corrected chi connectivity index (χ3v) is 3.79. The summed E-state index contributed by atoms with van der Waals surface area (Å²) in [6.45, 7) is 3.73. The van der Waals surface area contributed by atoms with E-state index in [0.717, 1.165) is 0 Å². The number of nitrogens with one attached hydrogen (secondary N) is 1. The average Bonchev–Trinajstić information content (AvgIpc) is 2.35. The summed E-state index contributed by atoms with van der Waals surface area (Å²) in [5.41, 5.74) is -0.611. The van der Waals surface area contributed by atoms with E-state index in [0.29, 0.717) is 45.3 Å². The minimum absolute atomic E-state index is 0.120. The summed E-state index contributed by atoms with van der Waals surface area (Å²) >= 11 is 0. The van der Waals surface area contributed by atoms with Crippen molar-refractivity contribution in [2.24, 2.45) is 5.41 Å². The number of carboxylic acid groups (broad SMARTS) is 1. The summed E-state index contributed by atoms with van der Waals surface area (Å²) in [4.78, 5) is 24.8. The van der Waals surface area contributed by atoms with Crippen LogP contribution < -0.4 is 5.32 Å². The zero-order valence-electron chi connectivity index (χ0n) is 10.7. The largest absolute Gasteiger partial charge is 0.481 e. The van der Waals surface area contributed by atoms with Crippen LogP contribution in [-0.4, -0.2) is 48.6 Å². The summed E-state index contributed by atoms with van der Waals surface area (Å²) in [5.74, 6) is -0.600. The highest BCUT2D eigenvalue weighted by Gasteiger charge is 2.40. The van der Waals surface area contributed by atoms with E-state index in [4.69, 9.17) is 0 Å². The minimum atomic E-state index is -0.720. The molecule has 0 saturated carbocycles. The lowest BCUT2D eigenvalue weighted by Gasteiger charge is -2.38. The molecule has 1 fully saturated rings. The van der Waals surface area contributed by atoms with E-state index >= 15 is 0 Å². The molecular weight excluding hydrogens is 220 g/mol. The van der Waals surface area contributed by atoms with Gasteiger partial charge in [0, 0.05) is 26.1 Å². The lowest BCUT2D eigenvalue weighted by atomic mass is 9.76. The Labute approximate surface area is 102 Å². The summed E-state index contributed by atoms with van der Waals surface area (Å²) < 4.78 is 0. The van der Waals surface area contributed by atoms with Crippen LogP contribution >= 0.6 is 0 Å². The first-order valence-electron chi connectivity index (χ1n) is 6.21. The quantitative estimate of drug-likeness (QED) is 0.744. The number of rotatable bonds is 5. The Morgan fingerprint density at radius 1 is 1.35 bits per heavy atom. The Hall–Kier alpha value is -1.10. The lowest BCUT2D eigenvalue weighted by molar-refractivity contribution is -0.154. The molecule has 1 saturated heterocycles. The van der Waals surface area contributed by atoms with Crippen molar-refractivity contribution in [1.82, 2.24) is 10.2 Å². The van der Waals surface area contributed by atoms with Gasteiger partial charge in [-0.05, 0) is 26.3 Å². The smallest absolute Gasteiger partial charge is 0.309 e. The summed E-state index contributed by atoms with van der Waals surface area (Å²) in [7, 11) is 1.82. The van der Waals surface area contributed by atoms with Crippen molar-refractivity contribution >= 4 is 11.9 Å². The Bertz CT molecular complexity index is 283. The number of nitrogens with zero attached hydrogens (tertiary/aromatic N) is 1. The lowest BCUT2D eigenvalue weighted by Crippen LogP contribution is -2.46. The number of likely N-dealkylation sites (tertiary alicyclic amines) is 1. The molecule has 1 heterocycles. The van der Waals surface area contributed by atoms with Gasteiger partial charge in [-0.25, -0.2) is 0 Å². The van der Waals surface area contributed by atoms with E-state index < -0.39 is 11.4 Å². The van der Waals surface area contributed by atoms with Gasteiger partial charge in [0.1, 0.15) is 0 Å². The van der Waals surface area contributed by atoms with Crippen LogP contribution in [0.15, 0.2) is 0 Å². The Morgan fingerprint density at radius 3 is 2.35 bits per heavy atom. The monoisotopic (exact) mass is 242 g/mol. The van der Waals surface area contributed by atoms with E-state index in [1.54, 1.807) is 4.90 Å². The van der Waals surface area contributed by atoms with Gasteiger partial charge in [0.2, 0.25) is 5.91 Å². The Morgan fingerprint density at radius 2 is 1.94 bits per heavy atom. The van der Waals surface area contributed by atoms with Crippen LogP contribution in [0.3, 0.4) is 0 Å². The van der Waals surface area contributed by atoms with Gasteiger partial charge in [-0.15, -0.1) is 0 Å². The minimum Gasteiger partial charge on any atom is -0.481 e. The number of piperidine rings is 1. The SMILES string of the molecule is CCC1(C(=O)O)CCN(C(=O)CCNC)CC1. The number of hydrogen-bond acceptors (Lipinski definition) is 3. The first kappa shape index (κ1) is 14.0. The second kappa shape index (κ2) is 6.00. The number of aliphatic carboxylic acids is 1. The predicted octanol–water partition coefficient (Wildman–Crippen LogP) is 0.699. The molecule has 2 N–H and O–H groups in total. The molecule has 0 radical (unpaired) electrons. The standard InChI is InChI=1S/C12H22N2O3/c1-3-12(11(16)17)5-8-14(9-6-12)10(15)4-7-13-2/h13H,3-9H2,1-2H3,(H,16,17). The zero-order valence-corrected chi connectivity index (χ0v) is 10.7. The van der Waals surface area contributed by atoms with E-state index in [2.05, 4.69) is 5.32 Å². The van der Waals surface area contributed by atoms with Crippen LogP contribution in [0, 0.1) is 5.41 Å². The third-order valence-electron chi connectivity index (χ3n) is 3.79. The van der Waals surface area contributed by atoms with Gasteiger partial charge in [0.05, 0.1) is 5.41 Å². The molecule has 1 rings (SSSR count). The predicted molar refractivity (Wildman–Crippen MR) is 64.7 cm³/mol. The van der Waals surface area contributed by atoms with Gasteiger partial charge >= 0.3 is 5.97 Å². The molecule has 0 aromatic rings. The fourth-order valence-electron chi connectivity index (χ4n) is 2.29. The molecule has 0 aromatic carbocycles. The molecule has 98 valence electrons. The molecule has 5 nitrogen and oxygen atoms in total. The van der Waals surface area contributed by atoms with E-state index in [1.165, 1.54) is 0 Å². The average molecular weight is 242 g/mol. The van der Waals surface area contributed by atoms with Gasteiger partial charge < -0.3 is 15.3 Å². The fraction of sp³-hybridized carbons (Fsp3) is 0.833. The van der Waals surface area contributed by atoms with Crippen LogP contribution in [0.2, 0.25) is 0 Å². The highest BCUT2D eigenvalue weighted by Crippen LogP contribution is 2.35. The van der Waals surface area contributed by atoms with Crippen molar-refractivity contribution in [3.63, 3.8) is 0 Å². The Kier molecular flexibility index (Phi) is 4.93. The Balaban J connectivity index is 2.49. The third kappa shape index (κ3) is 3.19. The molecule has 1 amide bonds. The highest BCUT2D eigenvalue weighted by atomic mass is 16.4. The van der Waals surface area contributed by atoms with E-state index in [-0.39, 0.29) is 5.91 Å². The number of carbonyl (C=O) groups excluding carboxylic acids is 1. The van der Waals surface area contributed by atoms with Crippen molar-refractivity contribution in [2.45, 2.75) is 32.6 Å². The molecule has 1 aliphatic rings. The fourth-order valence-corrected chi connectivity index (χ4v) is 2.29. The molecular formula is C12H22N2O3. The number of carboxylic acids is 1. The maximum Gasteiger partial charge on any atom is 0.309 e. The summed E-state index contributed by atoms with van der Waals surface area (Å²) in [6.07, 6.45) is 2.28. The summed E-state index contributed by atoms with van der Waals surface area (Å²) in [5, 5.41) is 12.2. The van der Waals surface area contributed by atoms with Crippen LogP contribution in [-0.2, 0) is 9.59 Å². The topological polar surface area (TPSA) is 69.6 Å². The van der Waals surface area contributed by atoms with Crippen molar-refractivity contribution in [3.8, 4) is 0 Å². The molecule has 0 bridgehead atoms. The second-order valence-corrected chi connectivity index (χ2v) is 4.67. The molecule has 0 atom stereocenters. The van der Waals surface area contributed by atoms with Crippen molar-refractivity contribution < 1.29 is 14.7 Å². The number of carbonyl (C=O) groups is 2. The normalized spacial score (nSPS) is 19.1. The molecule has 1 aliphatic heterocycles. The first-order valence-corrected chi connectivity index (χ1v) is 6.21. The van der Waals surface area contributed by atoms with Gasteiger partial charge in [-0.2, -0.15) is 0 Å². The number of hydrogen-bond donors (Lipinski definition) is 2. The van der Waals surface area contributed by atoms with Crippen molar-refractivity contribution in [1.29, 1.82) is 0 Å². The van der Waals surface area contributed by atoms with Gasteiger partial charge in [0.15, 0.2) is 0 Å². The van der Waals surface area contributed by atoms with Gasteiger partial charge in [0.25, 0.3) is 0 Å². The van der Waals surface area contributed by atoms with Crippen LogP contribution in [0.25, 0.3) is 0 Å². The molecule has 0 spiro atoms. The van der Waals surface area contributed by atoms with Gasteiger partial charge in [-0.3, -0.25) is 9.59 Å². The van der Waals surface area contributed by atoms with Gasteiger partial charge in [-0.1, -0.05) is 6.92 Å². The molecule has 0 aromatic heterocycles. The van der Waals surface area contributed by atoms with Crippen molar-refractivity contribution in [3.05, 3.63) is 0 Å². The van der Waals surface area contributed by atoms with Crippen LogP contribution in [0.4, 0.5) is 0 Å².